The molecule has 1 fully saturated rings. The minimum Gasteiger partial charge on any atom is -0.481 e. The maximum absolute atomic E-state index is 12.8. The third-order valence-electron chi connectivity index (χ3n) is 6.36. The summed E-state index contributed by atoms with van der Waals surface area (Å²) in [5.74, 6) is -4.78. The number of carbonyl (C=O) groups excluding carboxylic acids is 4. The highest BCUT2D eigenvalue weighted by atomic mass is 16.6. The largest absolute Gasteiger partial charge is 0.481 e. The number of piperidine rings is 1. The third-order valence-corrected chi connectivity index (χ3v) is 6.36. The number of rotatable bonds is 13. The molecule has 0 bridgehead atoms. The quantitative estimate of drug-likeness (QED) is 0.261. The Labute approximate surface area is 229 Å². The number of likely N-dealkylation sites (N-methyl/N-ethyl adjacent to an activating group) is 1. The van der Waals surface area contributed by atoms with E-state index in [0.717, 1.165) is 12.8 Å². The number of nitrogens with zero attached hydrogens (tertiary/aromatic N) is 2. The van der Waals surface area contributed by atoms with Crippen LogP contribution >= 0.6 is 0 Å². The van der Waals surface area contributed by atoms with E-state index in [4.69, 9.17) is 9.84 Å². The van der Waals surface area contributed by atoms with Crippen LogP contribution in [0.4, 0.5) is 4.79 Å². The Morgan fingerprint density at radius 2 is 1.62 bits per heavy atom. The molecule has 1 saturated heterocycles. The van der Waals surface area contributed by atoms with Crippen LogP contribution in [0, 0.1) is 11.8 Å². The van der Waals surface area contributed by atoms with Gasteiger partial charge in [-0.3, -0.25) is 19.2 Å². The average molecular weight is 557 g/mol. The van der Waals surface area contributed by atoms with Crippen molar-refractivity contribution in [3.05, 3.63) is 0 Å². The van der Waals surface area contributed by atoms with Crippen LogP contribution < -0.4 is 10.6 Å². The molecule has 0 saturated carbocycles. The van der Waals surface area contributed by atoms with Crippen LogP contribution in [0.15, 0.2) is 0 Å². The summed E-state index contributed by atoms with van der Waals surface area (Å²) in [6.45, 7) is 11.2. The summed E-state index contributed by atoms with van der Waals surface area (Å²) in [7, 11) is 0. The Kier molecular flexibility index (Phi) is 13.2. The van der Waals surface area contributed by atoms with Gasteiger partial charge in [-0.05, 0) is 58.8 Å². The van der Waals surface area contributed by atoms with Crippen molar-refractivity contribution in [2.75, 3.05) is 26.2 Å². The highest BCUT2D eigenvalue weighted by Gasteiger charge is 2.31. The maximum Gasteiger partial charge on any atom is 0.410 e. The Hall–Kier alpha value is -3.38. The van der Waals surface area contributed by atoms with Crippen molar-refractivity contribution in [3.63, 3.8) is 0 Å². The fourth-order valence-electron chi connectivity index (χ4n) is 4.16. The average Bonchev–Trinajstić information content (AvgIpc) is 2.82. The van der Waals surface area contributed by atoms with Crippen LogP contribution in [-0.4, -0.2) is 99.6 Å². The molecule has 0 unspecified atom stereocenters. The lowest BCUT2D eigenvalue weighted by molar-refractivity contribution is -0.144. The molecule has 13 heteroatoms. The van der Waals surface area contributed by atoms with Crippen molar-refractivity contribution in [1.82, 2.24) is 20.4 Å². The van der Waals surface area contributed by atoms with Crippen LogP contribution in [0.1, 0.15) is 73.6 Å². The first-order valence-electron chi connectivity index (χ1n) is 13.3. The van der Waals surface area contributed by atoms with Crippen LogP contribution in [-0.2, 0) is 28.7 Å². The standard InChI is InChI=1S/C26H44N4O9/c1-7-29(20(32)9-8-17-10-12-30(13-11-17)25(38)39-26(4,5)6)15-19(31)27-18(14-21(33)34)23(35)28-22(16(2)3)24(36)37/h16-18,22H,7-15H2,1-6H3,(H,27,31)(H,28,35)(H,33,34)(H,36,37)/t18-,22-/m0/s1. The van der Waals surface area contributed by atoms with Gasteiger partial charge in [0.15, 0.2) is 0 Å². The summed E-state index contributed by atoms with van der Waals surface area (Å²) in [5, 5.41) is 23.0. The second-order valence-corrected chi connectivity index (χ2v) is 11.1. The highest BCUT2D eigenvalue weighted by Crippen LogP contribution is 2.23. The number of carboxylic acid groups (broad SMARTS) is 2. The highest BCUT2D eigenvalue weighted by molar-refractivity contribution is 5.94. The number of hydrogen-bond acceptors (Lipinski definition) is 7. The van der Waals surface area contributed by atoms with Gasteiger partial charge in [0.25, 0.3) is 0 Å². The van der Waals surface area contributed by atoms with E-state index in [2.05, 4.69) is 10.6 Å². The SMILES string of the molecule is CCN(CC(=O)N[C@@H](CC(=O)O)C(=O)N[C@H](C(=O)O)C(C)C)C(=O)CCC1CCN(C(=O)OC(C)(C)C)CC1. The predicted octanol–water partition coefficient (Wildman–Crippen LogP) is 1.45. The molecule has 1 rings (SSSR count). The van der Waals surface area contributed by atoms with Crippen molar-refractivity contribution >= 4 is 35.8 Å². The van der Waals surface area contributed by atoms with Crippen molar-refractivity contribution in [3.8, 4) is 0 Å². The first-order chi connectivity index (χ1) is 18.0. The molecular formula is C26H44N4O9. The molecule has 0 spiro atoms. The Bertz CT molecular complexity index is 892. The fraction of sp³-hybridized carbons (Fsp3) is 0.769. The van der Waals surface area contributed by atoms with Gasteiger partial charge in [0.05, 0.1) is 13.0 Å². The Morgan fingerprint density at radius 3 is 2.08 bits per heavy atom. The molecule has 1 heterocycles. The lowest BCUT2D eigenvalue weighted by Gasteiger charge is -2.33. The van der Waals surface area contributed by atoms with Gasteiger partial charge in [-0.25, -0.2) is 9.59 Å². The first-order valence-corrected chi connectivity index (χ1v) is 13.3. The number of nitrogens with one attached hydrogen (secondary N) is 2. The van der Waals surface area contributed by atoms with Crippen molar-refractivity contribution in [2.45, 2.75) is 91.3 Å². The smallest absolute Gasteiger partial charge is 0.410 e. The number of aliphatic carboxylic acids is 2. The zero-order valence-corrected chi connectivity index (χ0v) is 23.8. The van der Waals surface area contributed by atoms with Gasteiger partial charge in [0, 0.05) is 26.1 Å². The van der Waals surface area contributed by atoms with E-state index in [1.165, 1.54) is 4.90 Å². The van der Waals surface area contributed by atoms with Crippen molar-refractivity contribution in [1.29, 1.82) is 0 Å². The lowest BCUT2D eigenvalue weighted by Crippen LogP contribution is -2.55. The summed E-state index contributed by atoms with van der Waals surface area (Å²) in [6, 6.07) is -2.75. The zero-order valence-electron chi connectivity index (χ0n) is 23.8. The van der Waals surface area contributed by atoms with Gasteiger partial charge < -0.3 is 35.4 Å². The lowest BCUT2D eigenvalue weighted by atomic mass is 9.92. The minimum atomic E-state index is -1.50. The Balaban J connectivity index is 2.63. The topological polar surface area (TPSA) is 183 Å². The number of ether oxygens (including phenoxy) is 1. The minimum absolute atomic E-state index is 0.200. The van der Waals surface area contributed by atoms with Gasteiger partial charge in [-0.1, -0.05) is 13.8 Å². The summed E-state index contributed by atoms with van der Waals surface area (Å²) < 4.78 is 5.40. The van der Waals surface area contributed by atoms with Gasteiger partial charge in [0.2, 0.25) is 17.7 Å². The van der Waals surface area contributed by atoms with E-state index in [1.54, 1.807) is 25.7 Å². The fourth-order valence-corrected chi connectivity index (χ4v) is 4.16. The molecule has 1 aliphatic heterocycles. The number of hydrogen-bond donors (Lipinski definition) is 4. The van der Waals surface area contributed by atoms with E-state index in [0.29, 0.717) is 19.5 Å². The molecule has 13 nitrogen and oxygen atoms in total. The van der Waals surface area contributed by atoms with Crippen LogP contribution in [0.5, 0.6) is 0 Å². The summed E-state index contributed by atoms with van der Waals surface area (Å²) in [6.07, 6.45) is 1.17. The second-order valence-electron chi connectivity index (χ2n) is 11.1. The van der Waals surface area contributed by atoms with Gasteiger partial charge in [-0.15, -0.1) is 0 Å². The molecule has 2 atom stereocenters. The molecule has 222 valence electrons. The van der Waals surface area contributed by atoms with Gasteiger partial charge in [0.1, 0.15) is 17.7 Å². The van der Waals surface area contributed by atoms with E-state index in [9.17, 15) is 33.9 Å². The van der Waals surface area contributed by atoms with E-state index in [-0.39, 0.29) is 37.4 Å². The number of carbonyl (C=O) groups is 6. The number of amides is 4. The number of likely N-dealkylation sites (tertiary alicyclic amines) is 1. The summed E-state index contributed by atoms with van der Waals surface area (Å²) >= 11 is 0. The van der Waals surface area contributed by atoms with Crippen LogP contribution in [0.25, 0.3) is 0 Å². The first kappa shape index (κ1) is 33.6. The van der Waals surface area contributed by atoms with Crippen molar-refractivity contribution < 1.29 is 43.7 Å². The van der Waals surface area contributed by atoms with Gasteiger partial charge >= 0.3 is 18.0 Å². The molecule has 0 radical (unpaired) electrons. The molecule has 4 amide bonds. The molecule has 4 N–H and O–H groups in total. The Morgan fingerprint density at radius 1 is 1.03 bits per heavy atom. The van der Waals surface area contributed by atoms with Crippen molar-refractivity contribution in [2.24, 2.45) is 11.8 Å². The molecule has 39 heavy (non-hydrogen) atoms. The molecule has 1 aliphatic rings. The number of carboxylic acids is 2. The predicted molar refractivity (Wildman–Crippen MR) is 141 cm³/mol. The molecular weight excluding hydrogens is 512 g/mol. The second kappa shape index (κ2) is 15.3. The zero-order chi connectivity index (χ0) is 29.9. The molecule has 0 aromatic heterocycles. The molecule has 0 aromatic carbocycles. The van der Waals surface area contributed by atoms with Gasteiger partial charge in [-0.2, -0.15) is 0 Å². The normalized spacial score (nSPS) is 15.7. The maximum atomic E-state index is 12.8. The summed E-state index contributed by atoms with van der Waals surface area (Å²) in [4.78, 5) is 75.8. The third kappa shape index (κ3) is 12.3. The van der Waals surface area contributed by atoms with E-state index >= 15 is 0 Å². The van der Waals surface area contributed by atoms with Crippen LogP contribution in [0.2, 0.25) is 0 Å². The van der Waals surface area contributed by atoms with Crippen LogP contribution in [0.3, 0.4) is 0 Å². The van der Waals surface area contributed by atoms with E-state index in [1.807, 2.05) is 20.8 Å². The molecule has 0 aromatic rings. The molecule has 0 aliphatic carbocycles. The van der Waals surface area contributed by atoms with E-state index < -0.39 is 53.8 Å². The summed E-state index contributed by atoms with van der Waals surface area (Å²) in [5.41, 5.74) is -0.567. The monoisotopic (exact) mass is 556 g/mol.